The van der Waals surface area contributed by atoms with Crippen LogP contribution in [-0.2, 0) is 4.89 Å². The lowest BCUT2D eigenvalue weighted by Gasteiger charge is -2.08. The van der Waals surface area contributed by atoms with Gasteiger partial charge in [0.05, 0.1) is 17.7 Å². The van der Waals surface area contributed by atoms with Gasteiger partial charge in [0.25, 0.3) is 0 Å². The van der Waals surface area contributed by atoms with Gasteiger partial charge < -0.3 is 9.47 Å². The molecule has 0 fully saturated rings. The third kappa shape index (κ3) is 7.46. The van der Waals surface area contributed by atoms with Gasteiger partial charge in [-0.3, -0.25) is 4.89 Å². The molecule has 6 nitrogen and oxygen atoms in total. The van der Waals surface area contributed by atoms with E-state index in [1.165, 1.54) is 56.4 Å². The van der Waals surface area contributed by atoms with Crippen molar-refractivity contribution in [2.75, 3.05) is 6.61 Å². The van der Waals surface area contributed by atoms with Gasteiger partial charge in [0, 0.05) is 0 Å². The quantitative estimate of drug-likeness (QED) is 0.103. The maximum absolute atomic E-state index is 12.4. The molecular formula is C28H30O6. The number of carbonyl (C=O) groups excluding carboxylic acids is 2. The van der Waals surface area contributed by atoms with Crippen LogP contribution in [0.3, 0.4) is 0 Å². The van der Waals surface area contributed by atoms with Crippen LogP contribution in [0.1, 0.15) is 66.2 Å². The summed E-state index contributed by atoms with van der Waals surface area (Å²) in [6.07, 6.45) is 7.42. The number of hydrogen-bond donors (Lipinski definition) is 1. The Balaban J connectivity index is 1.49. The van der Waals surface area contributed by atoms with Crippen LogP contribution < -0.4 is 9.47 Å². The van der Waals surface area contributed by atoms with Crippen LogP contribution in [0, 0.1) is 0 Å². The molecule has 3 aromatic carbocycles. The first-order chi connectivity index (χ1) is 16.6. The number of rotatable bonds is 12. The van der Waals surface area contributed by atoms with Crippen LogP contribution in [0.25, 0.3) is 11.1 Å². The number of benzene rings is 3. The van der Waals surface area contributed by atoms with Crippen molar-refractivity contribution in [3.05, 3.63) is 83.9 Å². The lowest BCUT2D eigenvalue weighted by Crippen LogP contribution is -2.08. The summed E-state index contributed by atoms with van der Waals surface area (Å²) in [6, 6.07) is 20.8. The molecule has 0 saturated heterocycles. The summed E-state index contributed by atoms with van der Waals surface area (Å²) in [5.74, 6) is -0.260. The van der Waals surface area contributed by atoms with E-state index in [4.69, 9.17) is 14.7 Å². The highest BCUT2D eigenvalue weighted by Gasteiger charge is 2.11. The average Bonchev–Trinajstić information content (AvgIpc) is 2.88. The maximum Gasteiger partial charge on any atom is 0.372 e. The van der Waals surface area contributed by atoms with E-state index in [0.717, 1.165) is 29.9 Å². The molecule has 34 heavy (non-hydrogen) atoms. The Morgan fingerprint density at radius 1 is 0.647 bits per heavy atom. The monoisotopic (exact) mass is 462 g/mol. The number of unbranched alkanes of at least 4 members (excludes halogenated alkanes) is 5. The first-order valence-electron chi connectivity index (χ1n) is 11.6. The van der Waals surface area contributed by atoms with E-state index < -0.39 is 11.9 Å². The Hall–Kier alpha value is -3.64. The van der Waals surface area contributed by atoms with E-state index in [2.05, 4.69) is 11.8 Å². The summed E-state index contributed by atoms with van der Waals surface area (Å²) >= 11 is 0. The van der Waals surface area contributed by atoms with Crippen LogP contribution >= 0.6 is 0 Å². The smallest absolute Gasteiger partial charge is 0.372 e. The molecule has 0 aliphatic rings. The molecule has 0 radical (unpaired) electrons. The second-order valence-corrected chi connectivity index (χ2v) is 8.01. The van der Waals surface area contributed by atoms with Gasteiger partial charge >= 0.3 is 11.9 Å². The first-order valence-corrected chi connectivity index (χ1v) is 11.6. The molecule has 0 spiro atoms. The molecule has 6 heteroatoms. The van der Waals surface area contributed by atoms with Gasteiger partial charge in [-0.25, -0.2) is 9.59 Å². The van der Waals surface area contributed by atoms with Gasteiger partial charge in [0.1, 0.15) is 11.5 Å². The number of hydrogen-bond acceptors (Lipinski definition) is 6. The Kier molecular flexibility index (Phi) is 9.67. The Labute approximate surface area is 200 Å². The minimum Gasteiger partial charge on any atom is -0.494 e. The predicted molar refractivity (Wildman–Crippen MR) is 130 cm³/mol. The largest absolute Gasteiger partial charge is 0.494 e. The van der Waals surface area contributed by atoms with Gasteiger partial charge in [-0.2, -0.15) is 5.26 Å². The zero-order valence-corrected chi connectivity index (χ0v) is 19.4. The summed E-state index contributed by atoms with van der Waals surface area (Å²) in [4.78, 5) is 27.3. The zero-order valence-electron chi connectivity index (χ0n) is 19.4. The molecule has 0 amide bonds. The second kappa shape index (κ2) is 13.2. The fourth-order valence-electron chi connectivity index (χ4n) is 3.49. The van der Waals surface area contributed by atoms with Gasteiger partial charge in [0.15, 0.2) is 0 Å². The maximum atomic E-state index is 12.4. The van der Waals surface area contributed by atoms with Crippen molar-refractivity contribution in [2.24, 2.45) is 0 Å². The minimum absolute atomic E-state index is 0.144. The molecule has 3 aromatic rings. The lowest BCUT2D eigenvalue weighted by atomic mass is 10.0. The van der Waals surface area contributed by atoms with Gasteiger partial charge in [-0.15, -0.1) is 0 Å². The summed E-state index contributed by atoms with van der Waals surface area (Å²) in [7, 11) is 0. The Morgan fingerprint density at radius 2 is 1.15 bits per heavy atom. The van der Waals surface area contributed by atoms with E-state index in [9.17, 15) is 9.59 Å². The van der Waals surface area contributed by atoms with Gasteiger partial charge in [0.2, 0.25) is 0 Å². The lowest BCUT2D eigenvalue weighted by molar-refractivity contribution is -0.182. The highest BCUT2D eigenvalue weighted by atomic mass is 17.1. The molecule has 178 valence electrons. The first kappa shape index (κ1) is 25.0. The molecule has 0 unspecified atom stereocenters. The number of esters is 1. The predicted octanol–water partition coefficient (Wildman–Crippen LogP) is 6.94. The third-order valence-electron chi connectivity index (χ3n) is 5.46. The molecular weight excluding hydrogens is 432 g/mol. The van der Waals surface area contributed by atoms with Gasteiger partial charge in [-0.1, -0.05) is 63.3 Å². The molecule has 0 heterocycles. The minimum atomic E-state index is -0.883. The van der Waals surface area contributed by atoms with E-state index >= 15 is 0 Å². The van der Waals surface area contributed by atoms with Crippen LogP contribution in [0.2, 0.25) is 0 Å². The van der Waals surface area contributed by atoms with Crippen LogP contribution in [0.15, 0.2) is 72.8 Å². The zero-order chi connectivity index (χ0) is 24.2. The van der Waals surface area contributed by atoms with Crippen molar-refractivity contribution in [1.82, 2.24) is 0 Å². The van der Waals surface area contributed by atoms with E-state index in [-0.39, 0.29) is 11.3 Å². The van der Waals surface area contributed by atoms with Crippen molar-refractivity contribution in [3.8, 4) is 22.6 Å². The van der Waals surface area contributed by atoms with E-state index in [1.807, 2.05) is 36.4 Å². The standard InChI is InChI=1S/C28H30O6/c1-2-3-4-5-6-7-20-32-25-16-12-22(13-17-25)21-8-10-23(11-9-21)27(29)33-26-18-14-24(15-19-26)28(30)34-31/h8-19,31H,2-7,20H2,1H3. The van der Waals surface area contributed by atoms with Crippen molar-refractivity contribution in [1.29, 1.82) is 0 Å². The van der Waals surface area contributed by atoms with Crippen molar-refractivity contribution >= 4 is 11.9 Å². The number of carbonyl (C=O) groups is 2. The Morgan fingerprint density at radius 3 is 1.76 bits per heavy atom. The fraction of sp³-hybridized carbons (Fsp3) is 0.286. The highest BCUT2D eigenvalue weighted by Crippen LogP contribution is 2.24. The van der Waals surface area contributed by atoms with Crippen LogP contribution in [0.5, 0.6) is 11.5 Å². The second-order valence-electron chi connectivity index (χ2n) is 8.01. The SMILES string of the molecule is CCCCCCCCOc1ccc(-c2ccc(C(=O)Oc3ccc(C(=O)OO)cc3)cc2)cc1. The third-order valence-corrected chi connectivity index (χ3v) is 5.46. The number of ether oxygens (including phenoxy) is 2. The van der Waals surface area contributed by atoms with Gasteiger partial charge in [-0.05, 0) is 66.1 Å². The normalized spacial score (nSPS) is 10.5. The van der Waals surface area contributed by atoms with Crippen LogP contribution in [-0.4, -0.2) is 23.8 Å². The van der Waals surface area contributed by atoms with Crippen molar-refractivity contribution in [3.63, 3.8) is 0 Å². The molecule has 0 aliphatic carbocycles. The fourth-order valence-corrected chi connectivity index (χ4v) is 3.49. The molecule has 0 aliphatic heterocycles. The molecule has 1 N–H and O–H groups in total. The van der Waals surface area contributed by atoms with Crippen molar-refractivity contribution in [2.45, 2.75) is 45.4 Å². The molecule has 0 saturated carbocycles. The van der Waals surface area contributed by atoms with Crippen molar-refractivity contribution < 1.29 is 29.2 Å². The summed E-state index contributed by atoms with van der Waals surface area (Å²) < 4.78 is 11.2. The molecule has 0 atom stereocenters. The average molecular weight is 463 g/mol. The Bertz CT molecular complexity index is 1040. The highest BCUT2D eigenvalue weighted by molar-refractivity contribution is 5.92. The molecule has 0 bridgehead atoms. The van der Waals surface area contributed by atoms with E-state index in [0.29, 0.717) is 5.56 Å². The summed E-state index contributed by atoms with van der Waals surface area (Å²) in [5, 5.41) is 8.40. The summed E-state index contributed by atoms with van der Waals surface area (Å²) in [6.45, 7) is 2.95. The topological polar surface area (TPSA) is 82.1 Å². The van der Waals surface area contributed by atoms with E-state index in [1.54, 1.807) is 12.1 Å². The molecule has 3 rings (SSSR count). The molecule has 0 aromatic heterocycles. The van der Waals surface area contributed by atoms with Crippen LogP contribution in [0.4, 0.5) is 0 Å². The summed E-state index contributed by atoms with van der Waals surface area (Å²) in [5.41, 5.74) is 2.55.